The summed E-state index contributed by atoms with van der Waals surface area (Å²) in [6.07, 6.45) is 2.61. The van der Waals surface area contributed by atoms with Crippen molar-refractivity contribution in [1.82, 2.24) is 25.4 Å². The lowest BCUT2D eigenvalue weighted by atomic mass is 10.3. The molecule has 2 N–H and O–H groups in total. The Hall–Kier alpha value is -1.59. The van der Waals surface area contributed by atoms with Crippen LogP contribution in [0.2, 0.25) is 0 Å². The number of aromatic nitrogens is 3. The van der Waals surface area contributed by atoms with E-state index in [1.165, 1.54) is 0 Å². The Morgan fingerprint density at radius 2 is 2.29 bits per heavy atom. The average molecular weight is 238 g/mol. The van der Waals surface area contributed by atoms with Crippen LogP contribution in [0.15, 0.2) is 11.3 Å². The minimum atomic E-state index is 0.410. The SMILES string of the molecule is CCNC(=NCc1ncnn1C)NC(C)CC. The van der Waals surface area contributed by atoms with Gasteiger partial charge in [0.05, 0.1) is 0 Å². The van der Waals surface area contributed by atoms with Gasteiger partial charge < -0.3 is 10.6 Å². The van der Waals surface area contributed by atoms with Crippen LogP contribution in [0.1, 0.15) is 33.0 Å². The van der Waals surface area contributed by atoms with E-state index in [1.54, 1.807) is 11.0 Å². The molecule has 0 saturated carbocycles. The minimum absolute atomic E-state index is 0.410. The molecule has 0 radical (unpaired) electrons. The van der Waals surface area contributed by atoms with Crippen LogP contribution in [0.3, 0.4) is 0 Å². The van der Waals surface area contributed by atoms with Crippen molar-refractivity contribution < 1.29 is 0 Å². The Morgan fingerprint density at radius 3 is 2.82 bits per heavy atom. The molecule has 17 heavy (non-hydrogen) atoms. The van der Waals surface area contributed by atoms with E-state index in [4.69, 9.17) is 0 Å². The molecule has 6 heteroatoms. The standard InChI is InChI=1S/C11H22N6/c1-5-9(3)16-11(12-6-2)13-7-10-14-8-15-17(10)4/h8-9H,5-7H2,1-4H3,(H2,12,13,16). The summed E-state index contributed by atoms with van der Waals surface area (Å²) in [7, 11) is 1.87. The highest BCUT2D eigenvalue weighted by molar-refractivity contribution is 5.79. The van der Waals surface area contributed by atoms with E-state index >= 15 is 0 Å². The van der Waals surface area contributed by atoms with E-state index in [1.807, 2.05) is 7.05 Å². The van der Waals surface area contributed by atoms with E-state index in [2.05, 4.69) is 46.5 Å². The third kappa shape index (κ3) is 4.42. The Bertz CT molecular complexity index is 357. The molecule has 0 aliphatic heterocycles. The largest absolute Gasteiger partial charge is 0.357 e. The van der Waals surface area contributed by atoms with E-state index in [0.717, 1.165) is 24.7 Å². The number of aliphatic imine (C=N–C) groups is 1. The van der Waals surface area contributed by atoms with Crippen molar-refractivity contribution in [2.45, 2.75) is 39.8 Å². The molecule has 0 amide bonds. The summed E-state index contributed by atoms with van der Waals surface area (Å²) in [6.45, 7) is 7.71. The van der Waals surface area contributed by atoms with Crippen molar-refractivity contribution in [3.05, 3.63) is 12.2 Å². The van der Waals surface area contributed by atoms with E-state index in [0.29, 0.717) is 12.6 Å². The summed E-state index contributed by atoms with van der Waals surface area (Å²) in [5.41, 5.74) is 0. The zero-order valence-corrected chi connectivity index (χ0v) is 11.1. The van der Waals surface area contributed by atoms with E-state index in [-0.39, 0.29) is 0 Å². The summed E-state index contributed by atoms with van der Waals surface area (Å²) in [4.78, 5) is 8.61. The van der Waals surface area contributed by atoms with Gasteiger partial charge in [-0.15, -0.1) is 0 Å². The maximum atomic E-state index is 4.48. The first-order valence-electron chi connectivity index (χ1n) is 6.05. The van der Waals surface area contributed by atoms with Crippen LogP contribution in [-0.2, 0) is 13.6 Å². The maximum Gasteiger partial charge on any atom is 0.191 e. The molecular formula is C11H22N6. The third-order valence-electron chi connectivity index (χ3n) is 2.52. The van der Waals surface area contributed by atoms with Crippen molar-refractivity contribution in [2.75, 3.05) is 6.54 Å². The molecule has 1 atom stereocenters. The normalized spacial score (nSPS) is 13.5. The summed E-state index contributed by atoms with van der Waals surface area (Å²) in [6, 6.07) is 0.410. The topological polar surface area (TPSA) is 67.1 Å². The number of guanidine groups is 1. The molecule has 1 unspecified atom stereocenters. The lowest BCUT2D eigenvalue weighted by molar-refractivity contribution is 0.621. The first-order chi connectivity index (χ1) is 8.17. The van der Waals surface area contributed by atoms with Gasteiger partial charge in [-0.05, 0) is 20.3 Å². The van der Waals surface area contributed by atoms with Gasteiger partial charge in [0.1, 0.15) is 18.7 Å². The van der Waals surface area contributed by atoms with Crippen LogP contribution in [0.25, 0.3) is 0 Å². The maximum absolute atomic E-state index is 4.48. The molecule has 0 spiro atoms. The number of aryl methyl sites for hydroxylation is 1. The number of hydrogen-bond donors (Lipinski definition) is 2. The lowest BCUT2D eigenvalue weighted by Crippen LogP contribution is -2.42. The summed E-state index contributed by atoms with van der Waals surface area (Å²) in [5.74, 6) is 1.68. The quantitative estimate of drug-likeness (QED) is 0.584. The van der Waals surface area contributed by atoms with Gasteiger partial charge in [-0.3, -0.25) is 4.68 Å². The van der Waals surface area contributed by atoms with Gasteiger partial charge in [-0.25, -0.2) is 9.98 Å². The number of hydrogen-bond acceptors (Lipinski definition) is 3. The molecule has 1 aromatic rings. The van der Waals surface area contributed by atoms with Crippen molar-refractivity contribution >= 4 is 5.96 Å². The van der Waals surface area contributed by atoms with Crippen molar-refractivity contribution in [3.8, 4) is 0 Å². The van der Waals surface area contributed by atoms with Crippen LogP contribution in [0.4, 0.5) is 0 Å². The second kappa shape index (κ2) is 6.88. The highest BCUT2D eigenvalue weighted by Crippen LogP contribution is 1.94. The first-order valence-corrected chi connectivity index (χ1v) is 6.05. The van der Waals surface area contributed by atoms with Gasteiger partial charge in [0.25, 0.3) is 0 Å². The first kappa shape index (κ1) is 13.5. The second-order valence-corrected chi connectivity index (χ2v) is 3.95. The zero-order chi connectivity index (χ0) is 12.7. The minimum Gasteiger partial charge on any atom is -0.357 e. The van der Waals surface area contributed by atoms with Crippen LogP contribution in [0.5, 0.6) is 0 Å². The van der Waals surface area contributed by atoms with Crippen LogP contribution in [0, 0.1) is 0 Å². The fraction of sp³-hybridized carbons (Fsp3) is 0.727. The van der Waals surface area contributed by atoms with Gasteiger partial charge in [0, 0.05) is 19.6 Å². The molecule has 1 rings (SSSR count). The molecular weight excluding hydrogens is 216 g/mol. The monoisotopic (exact) mass is 238 g/mol. The highest BCUT2D eigenvalue weighted by atomic mass is 15.3. The predicted octanol–water partition coefficient (Wildman–Crippen LogP) is 0.669. The number of rotatable bonds is 5. The van der Waals surface area contributed by atoms with Gasteiger partial charge in [0.2, 0.25) is 0 Å². The van der Waals surface area contributed by atoms with Crippen LogP contribution < -0.4 is 10.6 Å². The van der Waals surface area contributed by atoms with Gasteiger partial charge in [0.15, 0.2) is 5.96 Å². The third-order valence-corrected chi connectivity index (χ3v) is 2.52. The molecule has 0 aromatic carbocycles. The van der Waals surface area contributed by atoms with Gasteiger partial charge in [-0.1, -0.05) is 6.92 Å². The molecule has 0 aliphatic carbocycles. The summed E-state index contributed by atoms with van der Waals surface area (Å²) in [5, 5.41) is 10.6. The fourth-order valence-corrected chi connectivity index (χ4v) is 1.27. The Balaban J connectivity index is 2.60. The summed E-state index contributed by atoms with van der Waals surface area (Å²) < 4.78 is 1.73. The highest BCUT2D eigenvalue weighted by Gasteiger charge is 2.03. The van der Waals surface area contributed by atoms with E-state index in [9.17, 15) is 0 Å². The lowest BCUT2D eigenvalue weighted by Gasteiger charge is -2.15. The summed E-state index contributed by atoms with van der Waals surface area (Å²) >= 11 is 0. The molecule has 6 nitrogen and oxygen atoms in total. The van der Waals surface area contributed by atoms with Crippen molar-refractivity contribution in [1.29, 1.82) is 0 Å². The smallest absolute Gasteiger partial charge is 0.191 e. The molecule has 0 fully saturated rings. The Morgan fingerprint density at radius 1 is 1.53 bits per heavy atom. The van der Waals surface area contributed by atoms with Gasteiger partial charge >= 0.3 is 0 Å². The zero-order valence-electron chi connectivity index (χ0n) is 11.1. The molecule has 0 saturated heterocycles. The molecule has 1 aromatic heterocycles. The average Bonchev–Trinajstić information content (AvgIpc) is 2.72. The predicted molar refractivity (Wildman–Crippen MR) is 68.7 cm³/mol. The molecule has 0 bridgehead atoms. The Kier molecular flexibility index (Phi) is 5.45. The van der Waals surface area contributed by atoms with Crippen molar-refractivity contribution in [3.63, 3.8) is 0 Å². The van der Waals surface area contributed by atoms with Gasteiger partial charge in [-0.2, -0.15) is 5.10 Å². The molecule has 0 aliphatic rings. The van der Waals surface area contributed by atoms with Crippen LogP contribution in [-0.4, -0.2) is 33.3 Å². The van der Waals surface area contributed by atoms with Crippen LogP contribution >= 0.6 is 0 Å². The van der Waals surface area contributed by atoms with Crippen molar-refractivity contribution in [2.24, 2.45) is 12.0 Å². The fourth-order valence-electron chi connectivity index (χ4n) is 1.27. The molecule has 1 heterocycles. The second-order valence-electron chi connectivity index (χ2n) is 3.95. The number of nitrogens with zero attached hydrogens (tertiary/aromatic N) is 4. The van der Waals surface area contributed by atoms with E-state index < -0.39 is 0 Å². The molecule has 96 valence electrons. The Labute approximate surface area is 103 Å². The number of nitrogens with one attached hydrogen (secondary N) is 2.